The zero-order valence-corrected chi connectivity index (χ0v) is 21.7. The Morgan fingerprint density at radius 1 is 1.03 bits per heavy atom. The Morgan fingerprint density at radius 3 is 2.28 bits per heavy atom. The fraction of sp³-hybridized carbons (Fsp3) is 0.433. The predicted octanol–water partition coefficient (Wildman–Crippen LogP) is 6.32. The van der Waals surface area contributed by atoms with E-state index >= 15 is 0 Å². The number of methoxy groups -OCH3 is 2. The molecular formula is C30H37NO5. The Kier molecular flexibility index (Phi) is 8.36. The van der Waals surface area contributed by atoms with Crippen LogP contribution in [0.2, 0.25) is 0 Å². The molecule has 2 aromatic carbocycles. The van der Waals surface area contributed by atoms with Gasteiger partial charge in [0.05, 0.1) is 26.1 Å². The third kappa shape index (κ3) is 6.49. The van der Waals surface area contributed by atoms with Crippen LogP contribution >= 0.6 is 0 Å². The predicted molar refractivity (Wildman–Crippen MR) is 140 cm³/mol. The van der Waals surface area contributed by atoms with Gasteiger partial charge in [-0.1, -0.05) is 24.3 Å². The van der Waals surface area contributed by atoms with E-state index in [1.54, 1.807) is 32.6 Å². The van der Waals surface area contributed by atoms with Gasteiger partial charge in [0.2, 0.25) is 0 Å². The van der Waals surface area contributed by atoms with E-state index in [0.717, 1.165) is 42.9 Å². The third-order valence-corrected chi connectivity index (χ3v) is 7.11. The van der Waals surface area contributed by atoms with E-state index < -0.39 is 0 Å². The number of carbonyl (C=O) groups excluding carboxylic acids is 1. The molecule has 2 unspecified atom stereocenters. The second-order valence-corrected chi connectivity index (χ2v) is 10.1. The zero-order valence-electron chi connectivity index (χ0n) is 21.7. The van der Waals surface area contributed by atoms with Crippen LogP contribution in [-0.2, 0) is 11.3 Å². The van der Waals surface area contributed by atoms with Crippen molar-refractivity contribution in [2.45, 2.75) is 51.2 Å². The molecule has 1 aliphatic heterocycles. The van der Waals surface area contributed by atoms with Gasteiger partial charge >= 0.3 is 0 Å². The van der Waals surface area contributed by atoms with Crippen molar-refractivity contribution in [3.8, 4) is 11.5 Å². The Hall–Kier alpha value is -3.25. The van der Waals surface area contributed by atoms with Crippen LogP contribution in [0, 0.1) is 5.92 Å². The molecule has 0 aliphatic carbocycles. The number of furan rings is 1. The van der Waals surface area contributed by atoms with Crippen molar-refractivity contribution >= 4 is 5.91 Å². The standard InChI is InChI=1S/C30H37NO5/c1-30(2)20-24(16-19-36-30)27(23-9-13-26(34-4)14-10-23)15-17-31(29(32)28-6-5-18-35-28)21-22-7-11-25(33-3)12-8-22/h5-14,18,24,27H,15-17,19-21H2,1-4H3. The molecule has 0 bridgehead atoms. The SMILES string of the molecule is COc1ccc(CN(CCC(c2ccc(OC)cc2)C2CCOC(C)(C)C2)C(=O)c2ccco2)cc1. The van der Waals surface area contributed by atoms with E-state index in [0.29, 0.717) is 30.7 Å². The van der Waals surface area contributed by atoms with Crippen LogP contribution in [0.25, 0.3) is 0 Å². The maximum Gasteiger partial charge on any atom is 0.289 e. The second-order valence-electron chi connectivity index (χ2n) is 10.1. The van der Waals surface area contributed by atoms with E-state index in [4.69, 9.17) is 18.6 Å². The Bertz CT molecular complexity index is 1090. The van der Waals surface area contributed by atoms with Crippen molar-refractivity contribution in [2.24, 2.45) is 5.92 Å². The average Bonchev–Trinajstić information content (AvgIpc) is 3.43. The van der Waals surface area contributed by atoms with Crippen LogP contribution in [0.1, 0.15) is 60.7 Å². The topological polar surface area (TPSA) is 61.1 Å². The lowest BCUT2D eigenvalue weighted by molar-refractivity contribution is -0.0774. The van der Waals surface area contributed by atoms with Gasteiger partial charge < -0.3 is 23.5 Å². The summed E-state index contributed by atoms with van der Waals surface area (Å²) in [6.07, 6.45) is 4.37. The molecule has 6 nitrogen and oxygen atoms in total. The molecule has 0 N–H and O–H groups in total. The number of hydrogen-bond acceptors (Lipinski definition) is 5. The van der Waals surface area contributed by atoms with Crippen LogP contribution in [0.5, 0.6) is 11.5 Å². The Morgan fingerprint density at radius 2 is 1.69 bits per heavy atom. The maximum atomic E-state index is 13.4. The van der Waals surface area contributed by atoms with Gasteiger partial charge in [-0.3, -0.25) is 4.79 Å². The highest BCUT2D eigenvalue weighted by atomic mass is 16.5. The second kappa shape index (κ2) is 11.7. The molecule has 36 heavy (non-hydrogen) atoms. The average molecular weight is 492 g/mol. The lowest BCUT2D eigenvalue weighted by Gasteiger charge is -2.40. The number of carbonyl (C=O) groups is 1. The quantitative estimate of drug-likeness (QED) is 0.332. The lowest BCUT2D eigenvalue weighted by Crippen LogP contribution is -2.38. The van der Waals surface area contributed by atoms with Gasteiger partial charge in [-0.15, -0.1) is 0 Å². The highest BCUT2D eigenvalue weighted by molar-refractivity contribution is 5.91. The summed E-state index contributed by atoms with van der Waals surface area (Å²) in [6.45, 7) is 6.20. The van der Waals surface area contributed by atoms with Crippen LogP contribution in [0.4, 0.5) is 0 Å². The van der Waals surface area contributed by atoms with Gasteiger partial charge in [-0.25, -0.2) is 0 Å². The summed E-state index contributed by atoms with van der Waals surface area (Å²) in [7, 11) is 3.34. The molecule has 1 saturated heterocycles. The largest absolute Gasteiger partial charge is 0.497 e. The molecule has 6 heteroatoms. The highest BCUT2D eigenvalue weighted by Gasteiger charge is 2.34. The minimum atomic E-state index is -0.152. The van der Waals surface area contributed by atoms with Crippen molar-refractivity contribution in [1.29, 1.82) is 0 Å². The molecule has 0 radical (unpaired) electrons. The van der Waals surface area contributed by atoms with Gasteiger partial charge in [0.15, 0.2) is 5.76 Å². The van der Waals surface area contributed by atoms with E-state index in [9.17, 15) is 4.79 Å². The third-order valence-electron chi connectivity index (χ3n) is 7.11. The molecule has 3 aromatic rings. The van der Waals surface area contributed by atoms with Crippen LogP contribution in [-0.4, -0.2) is 43.8 Å². The van der Waals surface area contributed by atoms with Gasteiger partial charge in [0.1, 0.15) is 11.5 Å². The molecule has 1 amide bonds. The van der Waals surface area contributed by atoms with Gasteiger partial charge in [-0.05, 0) is 92.5 Å². The van der Waals surface area contributed by atoms with E-state index in [-0.39, 0.29) is 11.5 Å². The smallest absolute Gasteiger partial charge is 0.289 e. The molecule has 1 aliphatic rings. The van der Waals surface area contributed by atoms with E-state index in [1.165, 1.54) is 5.56 Å². The maximum absolute atomic E-state index is 13.4. The Labute approximate surface area is 214 Å². The number of benzene rings is 2. The molecule has 0 saturated carbocycles. The molecule has 1 fully saturated rings. The summed E-state index contributed by atoms with van der Waals surface area (Å²) in [5, 5.41) is 0. The molecule has 192 valence electrons. The fourth-order valence-corrected chi connectivity index (χ4v) is 5.20. The van der Waals surface area contributed by atoms with E-state index in [1.807, 2.05) is 41.3 Å². The first-order valence-corrected chi connectivity index (χ1v) is 12.6. The number of nitrogens with zero attached hydrogens (tertiary/aromatic N) is 1. The summed E-state index contributed by atoms with van der Waals surface area (Å²) < 4.78 is 22.2. The van der Waals surface area contributed by atoms with Crippen LogP contribution in [0.15, 0.2) is 71.3 Å². The highest BCUT2D eigenvalue weighted by Crippen LogP contribution is 2.40. The van der Waals surface area contributed by atoms with Crippen LogP contribution in [0.3, 0.4) is 0 Å². The number of rotatable bonds is 10. The van der Waals surface area contributed by atoms with Crippen molar-refractivity contribution in [3.05, 3.63) is 83.8 Å². The monoisotopic (exact) mass is 491 g/mol. The van der Waals surface area contributed by atoms with Crippen molar-refractivity contribution < 1.29 is 23.4 Å². The molecule has 2 heterocycles. The molecule has 1 aromatic heterocycles. The summed E-state index contributed by atoms with van der Waals surface area (Å²) in [5.41, 5.74) is 2.16. The fourth-order valence-electron chi connectivity index (χ4n) is 5.20. The summed E-state index contributed by atoms with van der Waals surface area (Å²) in [4.78, 5) is 15.3. The molecule has 2 atom stereocenters. The minimum absolute atomic E-state index is 0.100. The van der Waals surface area contributed by atoms with Gasteiger partial charge in [0.25, 0.3) is 5.91 Å². The summed E-state index contributed by atoms with van der Waals surface area (Å²) >= 11 is 0. The minimum Gasteiger partial charge on any atom is -0.497 e. The van der Waals surface area contributed by atoms with Crippen molar-refractivity contribution in [3.63, 3.8) is 0 Å². The first-order valence-electron chi connectivity index (χ1n) is 12.6. The zero-order chi connectivity index (χ0) is 25.5. The molecule has 4 rings (SSSR count). The van der Waals surface area contributed by atoms with E-state index in [2.05, 4.69) is 26.0 Å². The number of hydrogen-bond donors (Lipinski definition) is 0. The molecular weight excluding hydrogens is 454 g/mol. The van der Waals surface area contributed by atoms with Crippen molar-refractivity contribution in [2.75, 3.05) is 27.4 Å². The lowest BCUT2D eigenvalue weighted by atomic mass is 9.75. The summed E-state index contributed by atoms with van der Waals surface area (Å²) in [5.74, 6) is 2.65. The van der Waals surface area contributed by atoms with Gasteiger partial charge in [-0.2, -0.15) is 0 Å². The van der Waals surface area contributed by atoms with Crippen LogP contribution < -0.4 is 9.47 Å². The van der Waals surface area contributed by atoms with Gasteiger partial charge in [0, 0.05) is 19.7 Å². The first-order chi connectivity index (χ1) is 17.4. The van der Waals surface area contributed by atoms with Crippen molar-refractivity contribution in [1.82, 2.24) is 4.90 Å². The number of ether oxygens (including phenoxy) is 3. The molecule has 0 spiro atoms. The Balaban J connectivity index is 1.57. The number of amides is 1. The first kappa shape index (κ1) is 25.8. The summed E-state index contributed by atoms with van der Waals surface area (Å²) in [6, 6.07) is 19.7. The normalized spacial score (nSPS) is 17.8.